The van der Waals surface area contributed by atoms with Gasteiger partial charge >= 0.3 is 6.03 Å². The molecular weight excluding hydrogens is 402 g/mol. The van der Waals surface area contributed by atoms with E-state index in [1.807, 2.05) is 69.4 Å². The Morgan fingerprint density at radius 3 is 2.81 bits per heavy atom. The molecule has 1 unspecified atom stereocenters. The Kier molecular flexibility index (Phi) is 9.28. The molecule has 8 nitrogen and oxygen atoms in total. The molecule has 2 aromatic rings. The fourth-order valence-electron chi connectivity index (χ4n) is 2.78. The van der Waals surface area contributed by atoms with Crippen LogP contribution in [0.15, 0.2) is 54.5 Å². The van der Waals surface area contributed by atoms with Gasteiger partial charge in [-0.05, 0) is 56.8 Å². The number of aromatic nitrogens is 2. The van der Waals surface area contributed by atoms with Gasteiger partial charge in [-0.1, -0.05) is 18.7 Å². The quantitative estimate of drug-likeness (QED) is 0.452. The van der Waals surface area contributed by atoms with Gasteiger partial charge in [0.05, 0.1) is 17.6 Å². The van der Waals surface area contributed by atoms with Crippen LogP contribution in [0.3, 0.4) is 0 Å². The molecular formula is C24H33N7O. The molecule has 0 bridgehead atoms. The maximum absolute atomic E-state index is 12.2. The summed E-state index contributed by atoms with van der Waals surface area (Å²) in [4.78, 5) is 23.3. The average molecular weight is 436 g/mol. The van der Waals surface area contributed by atoms with Crippen molar-refractivity contribution >= 4 is 30.3 Å². The van der Waals surface area contributed by atoms with Crippen LogP contribution in [-0.4, -0.2) is 41.5 Å². The fraction of sp³-hybridized carbons (Fsp3) is 0.292. The molecule has 4 N–H and O–H groups in total. The largest absolute Gasteiger partial charge is 0.394 e. The van der Waals surface area contributed by atoms with Crippen LogP contribution in [0, 0.1) is 0 Å². The molecule has 1 aromatic carbocycles. The van der Waals surface area contributed by atoms with Crippen LogP contribution in [-0.2, 0) is 0 Å². The van der Waals surface area contributed by atoms with Gasteiger partial charge in [-0.2, -0.15) is 0 Å². The molecule has 0 spiro atoms. The van der Waals surface area contributed by atoms with Crippen molar-refractivity contribution in [3.05, 3.63) is 70.8 Å². The molecule has 2 rings (SSSR count). The van der Waals surface area contributed by atoms with Crippen LogP contribution < -0.4 is 32.0 Å². The number of carbonyl (C=O) groups excluding carboxylic acids is 1. The van der Waals surface area contributed by atoms with Gasteiger partial charge in [-0.15, -0.1) is 0 Å². The first-order valence-corrected chi connectivity index (χ1v) is 10.5. The Hall–Kier alpha value is -3.81. The zero-order valence-electron chi connectivity index (χ0n) is 19.4. The lowest BCUT2D eigenvalue weighted by molar-refractivity contribution is 0.254. The van der Waals surface area contributed by atoms with Crippen molar-refractivity contribution in [2.24, 2.45) is 0 Å². The van der Waals surface area contributed by atoms with E-state index in [1.165, 1.54) is 0 Å². The van der Waals surface area contributed by atoms with E-state index in [9.17, 15) is 4.79 Å². The lowest BCUT2D eigenvalue weighted by atomic mass is 10.1. The molecule has 0 saturated carbocycles. The zero-order valence-corrected chi connectivity index (χ0v) is 19.4. The summed E-state index contributed by atoms with van der Waals surface area (Å²) in [7, 11) is 3.79. The zero-order chi connectivity index (χ0) is 23.5. The van der Waals surface area contributed by atoms with E-state index >= 15 is 0 Å². The van der Waals surface area contributed by atoms with Gasteiger partial charge in [0.1, 0.15) is 11.2 Å². The second-order valence-corrected chi connectivity index (χ2v) is 7.36. The predicted molar refractivity (Wildman–Crippen MR) is 132 cm³/mol. The predicted octanol–water partition coefficient (Wildman–Crippen LogP) is 2.51. The molecule has 0 aliphatic heterocycles. The van der Waals surface area contributed by atoms with Gasteiger partial charge in [0, 0.05) is 38.2 Å². The van der Waals surface area contributed by atoms with Gasteiger partial charge in [0.2, 0.25) is 0 Å². The summed E-state index contributed by atoms with van der Waals surface area (Å²) >= 11 is 0. The molecule has 32 heavy (non-hydrogen) atoms. The molecule has 8 heteroatoms. The molecule has 0 fully saturated rings. The van der Waals surface area contributed by atoms with E-state index in [1.54, 1.807) is 18.5 Å². The Labute approximate surface area is 189 Å². The molecule has 170 valence electrons. The molecule has 0 aliphatic carbocycles. The van der Waals surface area contributed by atoms with E-state index < -0.39 is 0 Å². The van der Waals surface area contributed by atoms with Gasteiger partial charge in [-0.3, -0.25) is 0 Å². The summed E-state index contributed by atoms with van der Waals surface area (Å²) in [6, 6.07) is 7.32. The molecule has 2 amide bonds. The molecule has 0 aliphatic rings. The maximum Gasteiger partial charge on any atom is 0.323 e. The fourth-order valence-corrected chi connectivity index (χ4v) is 2.78. The lowest BCUT2D eigenvalue weighted by Gasteiger charge is -2.16. The minimum Gasteiger partial charge on any atom is -0.394 e. The van der Waals surface area contributed by atoms with E-state index in [2.05, 4.69) is 44.7 Å². The highest BCUT2D eigenvalue weighted by Gasteiger charge is 2.09. The third kappa shape index (κ3) is 7.79. The number of hydrogen-bond donors (Lipinski definition) is 4. The average Bonchev–Trinajstić information content (AvgIpc) is 2.75. The molecule has 1 aromatic heterocycles. The number of benzene rings is 1. The van der Waals surface area contributed by atoms with Crippen molar-refractivity contribution in [2.75, 3.05) is 31.3 Å². The Morgan fingerprint density at radius 1 is 1.34 bits per heavy atom. The maximum atomic E-state index is 12.2. The smallest absolute Gasteiger partial charge is 0.323 e. The second-order valence-electron chi connectivity index (χ2n) is 7.36. The first-order chi connectivity index (χ1) is 15.3. The van der Waals surface area contributed by atoms with Gasteiger partial charge in [0.15, 0.2) is 0 Å². The van der Waals surface area contributed by atoms with Crippen LogP contribution in [0.5, 0.6) is 0 Å². The second kappa shape index (κ2) is 12.1. The van der Waals surface area contributed by atoms with Crippen LogP contribution in [0.1, 0.15) is 32.4 Å². The van der Waals surface area contributed by atoms with Crippen LogP contribution in [0.25, 0.3) is 12.8 Å². The SMILES string of the molecule is C=c1nc(NC(C)c2cccc(NC(=O)N/C(C)=C/C=CNC)c2)cn/c1=C/N(C)CC. The normalized spacial score (nSPS) is 13.0. The van der Waals surface area contributed by atoms with Crippen molar-refractivity contribution in [1.82, 2.24) is 25.5 Å². The highest BCUT2D eigenvalue weighted by atomic mass is 16.2. The van der Waals surface area contributed by atoms with Crippen molar-refractivity contribution < 1.29 is 4.79 Å². The number of carbonyl (C=O) groups is 1. The Balaban J connectivity index is 2.05. The van der Waals surface area contributed by atoms with Crippen LogP contribution >= 0.6 is 0 Å². The molecule has 1 atom stereocenters. The summed E-state index contributed by atoms with van der Waals surface area (Å²) in [6.07, 6.45) is 9.03. The van der Waals surface area contributed by atoms with Gasteiger partial charge < -0.3 is 26.2 Å². The third-order valence-electron chi connectivity index (χ3n) is 4.65. The monoisotopic (exact) mass is 435 g/mol. The van der Waals surface area contributed by atoms with E-state index in [-0.39, 0.29) is 12.1 Å². The van der Waals surface area contributed by atoms with Gasteiger partial charge in [-0.25, -0.2) is 14.8 Å². The first kappa shape index (κ1) is 24.5. The standard InChI is InChI=1S/C24H33N7O/c1-7-31(6)16-22-19(4)29-23(15-26-22)28-18(3)20-11-8-12-21(14-20)30-24(32)27-17(2)10-9-13-25-5/h8-16,18,25H,4,7H2,1-3,5-6H3,(H,28,29)(H2,27,30,32)/b13-9?,17-10+,22-16+. The van der Waals surface area contributed by atoms with Crippen molar-refractivity contribution in [2.45, 2.75) is 26.8 Å². The minimum atomic E-state index is -0.300. The Bertz CT molecular complexity index is 1080. The number of anilines is 2. The van der Waals surface area contributed by atoms with E-state index in [0.717, 1.165) is 23.2 Å². The summed E-state index contributed by atoms with van der Waals surface area (Å²) in [5, 5.41) is 13.2. The van der Waals surface area contributed by atoms with Crippen molar-refractivity contribution in [3.8, 4) is 0 Å². The highest BCUT2D eigenvalue weighted by molar-refractivity contribution is 5.90. The highest BCUT2D eigenvalue weighted by Crippen LogP contribution is 2.20. The van der Waals surface area contributed by atoms with E-state index in [4.69, 9.17) is 0 Å². The summed E-state index contributed by atoms with van der Waals surface area (Å²) < 4.78 is 0. The molecule has 0 saturated heterocycles. The number of rotatable bonds is 9. The summed E-state index contributed by atoms with van der Waals surface area (Å²) in [6.45, 7) is 10.8. The van der Waals surface area contributed by atoms with Crippen molar-refractivity contribution in [1.29, 1.82) is 0 Å². The number of allylic oxidation sites excluding steroid dienone is 3. The number of nitrogens with one attached hydrogen (secondary N) is 4. The third-order valence-corrected chi connectivity index (χ3v) is 4.65. The number of amides is 2. The first-order valence-electron chi connectivity index (χ1n) is 10.5. The number of nitrogens with zero attached hydrogens (tertiary/aromatic N) is 3. The van der Waals surface area contributed by atoms with Crippen LogP contribution in [0.4, 0.5) is 16.3 Å². The lowest BCUT2D eigenvalue weighted by Crippen LogP contribution is -2.33. The summed E-state index contributed by atoms with van der Waals surface area (Å²) in [5.74, 6) is 0.644. The topological polar surface area (TPSA) is 94.2 Å². The summed E-state index contributed by atoms with van der Waals surface area (Å²) in [5.41, 5.74) is 2.43. The van der Waals surface area contributed by atoms with Crippen molar-refractivity contribution in [3.63, 3.8) is 0 Å². The Morgan fingerprint density at radius 2 is 2.12 bits per heavy atom. The van der Waals surface area contributed by atoms with E-state index in [0.29, 0.717) is 16.9 Å². The molecule has 1 heterocycles. The number of hydrogen-bond acceptors (Lipinski definition) is 6. The minimum absolute atomic E-state index is 0.0463. The number of urea groups is 1. The van der Waals surface area contributed by atoms with Crippen LogP contribution in [0.2, 0.25) is 0 Å². The molecule has 0 radical (unpaired) electrons. The van der Waals surface area contributed by atoms with Gasteiger partial charge in [0.25, 0.3) is 0 Å².